The number of aromatic nitrogens is 1. The Balaban J connectivity index is 1.37. The molecular weight excluding hydrogens is 338 g/mol. The van der Waals surface area contributed by atoms with E-state index in [0.717, 1.165) is 24.3 Å². The average molecular weight is 367 g/mol. The summed E-state index contributed by atoms with van der Waals surface area (Å²) in [5.41, 5.74) is 1.64. The Morgan fingerprint density at radius 1 is 1.07 bits per heavy atom. The molecule has 1 saturated carbocycles. The molecule has 2 atom stereocenters. The van der Waals surface area contributed by atoms with Crippen LogP contribution in [-0.4, -0.2) is 41.5 Å². The molecule has 1 saturated heterocycles. The van der Waals surface area contributed by atoms with Crippen molar-refractivity contribution >= 4 is 5.91 Å². The monoisotopic (exact) mass is 367 g/mol. The van der Waals surface area contributed by atoms with Gasteiger partial charge in [0.1, 0.15) is 0 Å². The fraction of sp³-hybridized carbons (Fsp3) is 0.545. The van der Waals surface area contributed by atoms with E-state index >= 15 is 0 Å². The van der Waals surface area contributed by atoms with Gasteiger partial charge in [-0.05, 0) is 56.8 Å². The predicted molar refractivity (Wildman–Crippen MR) is 105 cm³/mol. The number of piperidine rings is 1. The Kier molecular flexibility index (Phi) is 5.87. The second-order valence-corrected chi connectivity index (χ2v) is 7.93. The maximum Gasteiger partial charge on any atom is 0.251 e. The van der Waals surface area contributed by atoms with Gasteiger partial charge in [-0.2, -0.15) is 0 Å². The number of nitrogens with zero attached hydrogens (tertiary/aromatic N) is 2. The first kappa shape index (κ1) is 18.2. The van der Waals surface area contributed by atoms with Crippen LogP contribution in [0.2, 0.25) is 0 Å². The topological polar surface area (TPSA) is 58.4 Å². The fourth-order valence-electron chi connectivity index (χ4n) is 4.49. The van der Waals surface area contributed by atoms with Crippen molar-refractivity contribution in [3.8, 4) is 11.3 Å². The van der Waals surface area contributed by atoms with Crippen molar-refractivity contribution in [2.75, 3.05) is 19.6 Å². The standard InChI is InChI=1S/C22H29N3O2/c26-22(18-10-8-17(9-11-18)21-14-23-16-27-21)24-20-7-3-2-6-19(20)15-25-12-4-1-5-13-25/h8-11,14,16,19-20H,1-7,12-13,15H2,(H,24,26)/t19-,20+/m0/s1. The highest BCUT2D eigenvalue weighted by molar-refractivity contribution is 5.94. The van der Waals surface area contributed by atoms with E-state index in [1.807, 2.05) is 24.3 Å². The van der Waals surface area contributed by atoms with E-state index in [-0.39, 0.29) is 5.91 Å². The summed E-state index contributed by atoms with van der Waals surface area (Å²) in [6.07, 6.45) is 11.9. The second kappa shape index (κ2) is 8.70. The molecule has 27 heavy (non-hydrogen) atoms. The largest absolute Gasteiger partial charge is 0.444 e. The molecule has 0 radical (unpaired) electrons. The zero-order valence-electron chi connectivity index (χ0n) is 15.9. The van der Waals surface area contributed by atoms with Gasteiger partial charge >= 0.3 is 0 Å². The smallest absolute Gasteiger partial charge is 0.251 e. The van der Waals surface area contributed by atoms with Crippen molar-refractivity contribution in [3.05, 3.63) is 42.4 Å². The molecule has 1 aromatic carbocycles. The van der Waals surface area contributed by atoms with Crippen molar-refractivity contribution in [1.29, 1.82) is 0 Å². The molecule has 0 bridgehead atoms. The minimum absolute atomic E-state index is 0.0367. The molecule has 1 aliphatic heterocycles. The zero-order valence-corrected chi connectivity index (χ0v) is 15.9. The SMILES string of the molecule is O=C(N[C@@H]1CCCC[C@H]1CN1CCCCC1)c1ccc(-c2cnco2)cc1. The van der Waals surface area contributed by atoms with Gasteiger partial charge in [0.05, 0.1) is 6.20 Å². The average Bonchev–Trinajstić information content (AvgIpc) is 3.25. The lowest BCUT2D eigenvalue weighted by Crippen LogP contribution is -2.47. The van der Waals surface area contributed by atoms with Gasteiger partial charge < -0.3 is 14.6 Å². The third-order valence-corrected chi connectivity index (χ3v) is 6.03. The second-order valence-electron chi connectivity index (χ2n) is 7.93. The van der Waals surface area contributed by atoms with E-state index in [1.165, 1.54) is 58.0 Å². The molecule has 5 heteroatoms. The highest BCUT2D eigenvalue weighted by Gasteiger charge is 2.28. The lowest BCUT2D eigenvalue weighted by molar-refractivity contribution is 0.0877. The van der Waals surface area contributed by atoms with Crippen molar-refractivity contribution in [1.82, 2.24) is 15.2 Å². The van der Waals surface area contributed by atoms with Gasteiger partial charge in [0.15, 0.2) is 12.2 Å². The van der Waals surface area contributed by atoms with E-state index in [2.05, 4.69) is 15.2 Å². The normalized spacial score (nSPS) is 23.9. The highest BCUT2D eigenvalue weighted by Crippen LogP contribution is 2.27. The molecule has 5 nitrogen and oxygen atoms in total. The molecule has 2 heterocycles. The Morgan fingerprint density at radius 2 is 1.85 bits per heavy atom. The van der Waals surface area contributed by atoms with Gasteiger partial charge in [-0.25, -0.2) is 4.98 Å². The van der Waals surface area contributed by atoms with Crippen molar-refractivity contribution in [2.24, 2.45) is 5.92 Å². The van der Waals surface area contributed by atoms with Crippen LogP contribution in [0.25, 0.3) is 11.3 Å². The number of carbonyl (C=O) groups is 1. The molecule has 1 aliphatic carbocycles. The first-order valence-electron chi connectivity index (χ1n) is 10.3. The summed E-state index contributed by atoms with van der Waals surface area (Å²) in [6, 6.07) is 7.87. The van der Waals surface area contributed by atoms with Crippen LogP contribution in [-0.2, 0) is 0 Å². The van der Waals surface area contributed by atoms with Crippen LogP contribution in [0.5, 0.6) is 0 Å². The van der Waals surface area contributed by atoms with Crippen LogP contribution in [0.3, 0.4) is 0 Å². The number of benzene rings is 1. The number of hydrogen-bond acceptors (Lipinski definition) is 4. The Bertz CT molecular complexity index is 721. The van der Waals surface area contributed by atoms with E-state index in [4.69, 9.17) is 4.42 Å². The highest BCUT2D eigenvalue weighted by atomic mass is 16.3. The molecule has 2 fully saturated rings. The number of oxazole rings is 1. The van der Waals surface area contributed by atoms with E-state index in [0.29, 0.717) is 17.5 Å². The van der Waals surface area contributed by atoms with Gasteiger partial charge in [0.25, 0.3) is 5.91 Å². The summed E-state index contributed by atoms with van der Waals surface area (Å²) in [6.45, 7) is 3.58. The molecule has 4 rings (SSSR count). The molecule has 1 aromatic heterocycles. The minimum atomic E-state index is 0.0367. The number of nitrogens with one attached hydrogen (secondary N) is 1. The number of hydrogen-bond donors (Lipinski definition) is 1. The van der Waals surface area contributed by atoms with Crippen molar-refractivity contribution < 1.29 is 9.21 Å². The molecule has 2 aliphatic rings. The third-order valence-electron chi connectivity index (χ3n) is 6.03. The van der Waals surface area contributed by atoms with Crippen LogP contribution in [0.4, 0.5) is 0 Å². The first-order chi connectivity index (χ1) is 13.3. The molecule has 144 valence electrons. The Morgan fingerprint density at radius 3 is 2.59 bits per heavy atom. The van der Waals surface area contributed by atoms with Crippen LogP contribution >= 0.6 is 0 Å². The number of likely N-dealkylation sites (tertiary alicyclic amines) is 1. The maximum atomic E-state index is 12.8. The molecular formula is C22H29N3O2. The predicted octanol–water partition coefficient (Wildman–Crippen LogP) is 4.12. The van der Waals surface area contributed by atoms with Gasteiger partial charge in [0, 0.05) is 23.7 Å². The Hall–Kier alpha value is -2.14. The quantitative estimate of drug-likeness (QED) is 0.864. The van der Waals surface area contributed by atoms with Gasteiger partial charge in [-0.15, -0.1) is 0 Å². The Labute approximate surface area is 161 Å². The fourth-order valence-corrected chi connectivity index (χ4v) is 4.49. The molecule has 0 spiro atoms. The number of amides is 1. The summed E-state index contributed by atoms with van der Waals surface area (Å²) < 4.78 is 5.31. The summed E-state index contributed by atoms with van der Waals surface area (Å²) >= 11 is 0. The first-order valence-corrected chi connectivity index (χ1v) is 10.3. The lowest BCUT2D eigenvalue weighted by Gasteiger charge is -2.37. The van der Waals surface area contributed by atoms with Gasteiger partial charge in [0.2, 0.25) is 0 Å². The molecule has 1 amide bonds. The summed E-state index contributed by atoms with van der Waals surface area (Å²) in [5, 5.41) is 3.33. The van der Waals surface area contributed by atoms with Gasteiger partial charge in [-0.3, -0.25) is 4.79 Å². The van der Waals surface area contributed by atoms with Crippen LogP contribution in [0.1, 0.15) is 55.3 Å². The van der Waals surface area contributed by atoms with Crippen molar-refractivity contribution in [2.45, 2.75) is 51.0 Å². The molecule has 2 aromatic rings. The van der Waals surface area contributed by atoms with Crippen molar-refractivity contribution in [3.63, 3.8) is 0 Å². The van der Waals surface area contributed by atoms with Crippen LogP contribution < -0.4 is 5.32 Å². The maximum absolute atomic E-state index is 12.8. The minimum Gasteiger partial charge on any atom is -0.444 e. The summed E-state index contributed by atoms with van der Waals surface area (Å²) in [4.78, 5) is 19.3. The van der Waals surface area contributed by atoms with E-state index in [9.17, 15) is 4.79 Å². The van der Waals surface area contributed by atoms with Crippen LogP contribution in [0.15, 0.2) is 41.3 Å². The molecule has 0 unspecified atom stereocenters. The number of carbonyl (C=O) groups excluding carboxylic acids is 1. The van der Waals surface area contributed by atoms with Gasteiger partial charge in [-0.1, -0.05) is 31.4 Å². The zero-order chi connectivity index (χ0) is 18.5. The van der Waals surface area contributed by atoms with E-state index < -0.39 is 0 Å². The summed E-state index contributed by atoms with van der Waals surface area (Å²) in [5.74, 6) is 1.33. The number of rotatable bonds is 5. The van der Waals surface area contributed by atoms with E-state index in [1.54, 1.807) is 6.20 Å². The lowest BCUT2D eigenvalue weighted by atomic mass is 9.83. The van der Waals surface area contributed by atoms with Crippen LogP contribution in [0, 0.1) is 5.92 Å². The molecule has 1 N–H and O–H groups in total. The summed E-state index contributed by atoms with van der Waals surface area (Å²) in [7, 11) is 0. The third kappa shape index (κ3) is 4.59.